The molecule has 33 heteroatoms. The third-order valence-corrected chi connectivity index (χ3v) is 24.0. The molecule has 0 aliphatic rings. The van der Waals surface area contributed by atoms with Gasteiger partial charge in [-0.15, -0.1) is 11.3 Å². The number of nitrogens with two attached hydrogens (primary N) is 2. The van der Waals surface area contributed by atoms with Crippen LogP contribution in [0.1, 0.15) is 107 Å². The van der Waals surface area contributed by atoms with Crippen molar-refractivity contribution in [2.24, 2.45) is 0 Å². The Labute approximate surface area is 795 Å². The van der Waals surface area contributed by atoms with E-state index in [0.717, 1.165) is 36.4 Å². The van der Waals surface area contributed by atoms with Crippen molar-refractivity contribution in [3.05, 3.63) is 312 Å². The first kappa shape index (κ1) is 96.6. The number of fused-ring (bicyclic) bond motifs is 4. The van der Waals surface area contributed by atoms with Crippen molar-refractivity contribution < 1.29 is 51.0 Å². The molecule has 16 aromatic rings. The first-order valence-corrected chi connectivity index (χ1v) is 46.4. The summed E-state index contributed by atoms with van der Waals surface area (Å²) in [6, 6.07) is 63.8. The molecule has 12 N–H and O–H groups in total. The molecule has 0 saturated carbocycles. The highest BCUT2D eigenvalue weighted by Crippen LogP contribution is 2.44. The minimum Gasteiger partial charge on any atom is -0.444 e. The number of rotatable bonds is 20. The van der Waals surface area contributed by atoms with Gasteiger partial charge in [0, 0.05) is 110 Å². The molecule has 0 aliphatic carbocycles. The van der Waals surface area contributed by atoms with Crippen molar-refractivity contribution in [2.75, 3.05) is 57.7 Å². The van der Waals surface area contributed by atoms with Crippen LogP contribution in [0.5, 0.6) is 0 Å². The third-order valence-electron chi connectivity index (χ3n) is 19.6. The average Bonchev–Trinajstić information content (AvgIpc) is 1.59. The topological polar surface area (TPSA) is 304 Å². The van der Waals surface area contributed by atoms with E-state index in [2.05, 4.69) is 62.5 Å². The fourth-order valence-corrected chi connectivity index (χ4v) is 18.2. The number of halogens is 8. The summed E-state index contributed by atoms with van der Waals surface area (Å²) in [7, 11) is 0. The predicted octanol–water partition coefficient (Wildman–Crippen LogP) is 27.7. The molecular weight excluding hydrogens is 1840 g/mol. The second-order valence-electron chi connectivity index (χ2n) is 32.0. The molecule has 4 heterocycles. The molecular formula is C99H90Cl4F4N14O7S4. The van der Waals surface area contributed by atoms with E-state index in [-0.39, 0.29) is 35.5 Å². The first-order chi connectivity index (χ1) is 63.1. The Kier molecular flexibility index (Phi) is 31.7. The number of nitrogens with one attached hydrogen (secondary N) is 8. The summed E-state index contributed by atoms with van der Waals surface area (Å²) in [6.07, 6.45) is 0.242. The highest BCUT2D eigenvalue weighted by molar-refractivity contribution is 7.23. The minimum absolute atomic E-state index is 0.252. The maximum absolute atomic E-state index is 16.1. The Bertz CT molecular complexity index is 6910. The number of amides is 8. The fourth-order valence-electron chi connectivity index (χ4n) is 14.0. The van der Waals surface area contributed by atoms with Crippen LogP contribution in [0, 0.1) is 23.3 Å². The van der Waals surface area contributed by atoms with Gasteiger partial charge >= 0.3 is 30.3 Å². The van der Waals surface area contributed by atoms with Crippen LogP contribution in [0.25, 0.3) is 85.4 Å². The zero-order valence-electron chi connectivity index (χ0n) is 72.8. The number of ether oxygens (including phenoxy) is 2. The lowest BCUT2D eigenvalue weighted by atomic mass is 9.97. The van der Waals surface area contributed by atoms with Crippen LogP contribution in [0.3, 0.4) is 0 Å². The largest absolute Gasteiger partial charge is 0.444 e. The van der Waals surface area contributed by atoms with Gasteiger partial charge in [0.05, 0.1) is 46.4 Å². The van der Waals surface area contributed by atoms with Crippen LogP contribution in [-0.2, 0) is 35.2 Å². The standard InChI is InChI=1S/C28H28ClFN4O3S.C25H23ClFN3O2S.C23H20ClFN4OS.C23H19ClFN3OS/c1-5-31-25(35)32-20-11-9-16(10-12-20)13-18-15-21-24(22(23(18)30)17-7-6-8-19(29)14-17)33-26(38-21)34-27(36)37-28(2,3)4;1-25(2,3)32-24(31)30-23-29-22-19(33-23)13-16(11-14-7-9-18(28)10-8-14)21(27)20(22)15-5-4-6-17(26)12-15;1-2-27-23(30)28-17-8-6-13(7-9-17)10-15-12-18-21(29-22(26)31-18)19(20(15)25)14-4-3-5-16(24)11-14;1-2-26-23(29)28-18-8-6-14(7-9-18)10-16-12-19-22(27-13-30-19)20(21(16)25)15-4-3-5-17(24)11-15/h6-12,14-15H,5,13H2,1-4H3,(H2,31,32,35)(H,33,34,36);4-10,12-13H,11,28H2,1-3H3,(H,29,30,31);3-9,11-12H,2,10H2,1H3,(H2,26,29)(H2,27,28,30);3-9,11-13H,2,10H2,1H3,(H2,26,28,29). The summed E-state index contributed by atoms with van der Waals surface area (Å²) in [5.41, 5.74) is 26.6. The number of aromatic nitrogens is 4. The third kappa shape index (κ3) is 25.6. The summed E-state index contributed by atoms with van der Waals surface area (Å²) >= 11 is 30.0. The van der Waals surface area contributed by atoms with Crippen LogP contribution < -0.4 is 54.0 Å². The lowest BCUT2D eigenvalue weighted by Crippen LogP contribution is -2.28. The molecule has 4 aromatic heterocycles. The summed E-state index contributed by atoms with van der Waals surface area (Å²) < 4.78 is 77.0. The van der Waals surface area contributed by atoms with Crippen molar-refractivity contribution in [1.29, 1.82) is 0 Å². The quantitative estimate of drug-likeness (QED) is 0.0251. The molecule has 16 rings (SSSR count). The second kappa shape index (κ2) is 43.4. The number of benzene rings is 12. The Morgan fingerprint density at radius 3 is 0.955 bits per heavy atom. The fraction of sp³-hybridized carbons (Fsp3) is 0.182. The molecule has 21 nitrogen and oxygen atoms in total. The number of thiazole rings is 4. The van der Waals surface area contributed by atoms with Crippen molar-refractivity contribution in [1.82, 2.24) is 35.9 Å². The SMILES string of the molecule is CC(C)(C)OC(=O)Nc1nc2c(-c3cccc(Cl)c3)c(F)c(Cc3ccc(N)cc3)cc2s1.CCNC(=O)Nc1ccc(Cc2cc3sc(N)nc3c(-c3cccc(Cl)c3)c2F)cc1.CCNC(=O)Nc1ccc(Cc2cc3sc(NC(=O)OC(C)(C)C)nc3c(-c3cccc(Cl)c3)c2F)cc1.CCNC(=O)Nc1ccc(Cc2cc3scnc3c(-c3cccc(Cl)c3)c2F)cc1. The van der Waals surface area contributed by atoms with Crippen molar-refractivity contribution in [2.45, 2.75) is 99.2 Å². The monoisotopic (exact) mass is 1930 g/mol. The van der Waals surface area contributed by atoms with Gasteiger partial charge in [0.2, 0.25) is 0 Å². The second-order valence-corrected chi connectivity index (χ2v) is 37.8. The number of carbonyl (C=O) groups is 5. The molecule has 678 valence electrons. The van der Waals surface area contributed by atoms with Crippen LogP contribution in [-0.4, -0.2) is 81.1 Å². The van der Waals surface area contributed by atoms with E-state index in [1.807, 2.05) is 106 Å². The molecule has 132 heavy (non-hydrogen) atoms. The maximum atomic E-state index is 16.1. The molecule has 0 fully saturated rings. The van der Waals surface area contributed by atoms with Gasteiger partial charge < -0.3 is 52.8 Å². The van der Waals surface area contributed by atoms with Gasteiger partial charge in [-0.2, -0.15) is 0 Å². The van der Waals surface area contributed by atoms with Gasteiger partial charge in [-0.25, -0.2) is 61.5 Å². The van der Waals surface area contributed by atoms with Crippen molar-refractivity contribution in [3.8, 4) is 44.5 Å². The number of hydrogen-bond acceptors (Lipinski definition) is 17. The molecule has 0 atom stereocenters. The van der Waals surface area contributed by atoms with E-state index in [9.17, 15) is 24.0 Å². The normalized spacial score (nSPS) is 11.2. The van der Waals surface area contributed by atoms with Gasteiger partial charge in [-0.1, -0.05) is 177 Å². The van der Waals surface area contributed by atoms with Crippen molar-refractivity contribution in [3.63, 3.8) is 0 Å². The first-order valence-electron chi connectivity index (χ1n) is 41.6. The molecule has 0 radical (unpaired) electrons. The van der Waals surface area contributed by atoms with E-state index in [1.165, 1.54) is 45.3 Å². The van der Waals surface area contributed by atoms with Gasteiger partial charge in [-0.3, -0.25) is 10.6 Å². The number of hydrogen-bond donors (Lipinski definition) is 10. The molecule has 0 saturated heterocycles. The summed E-state index contributed by atoms with van der Waals surface area (Å²) in [5, 5.41) is 24.7. The van der Waals surface area contributed by atoms with Crippen LogP contribution >= 0.6 is 91.8 Å². The Balaban J connectivity index is 0.000000150. The minimum atomic E-state index is -0.670. The van der Waals surface area contributed by atoms with E-state index in [4.69, 9.17) is 67.3 Å². The lowest BCUT2D eigenvalue weighted by Gasteiger charge is -2.18. The highest BCUT2D eigenvalue weighted by atomic mass is 35.5. The number of nitrogens with zero attached hydrogens (tertiary/aromatic N) is 4. The predicted molar refractivity (Wildman–Crippen MR) is 534 cm³/mol. The highest BCUT2D eigenvalue weighted by Gasteiger charge is 2.27. The number of urea groups is 3. The van der Waals surface area contributed by atoms with Gasteiger partial charge in [-0.05, 0) is 250 Å². The summed E-state index contributed by atoms with van der Waals surface area (Å²) in [5.74, 6) is -1.43. The van der Waals surface area contributed by atoms with Crippen LogP contribution in [0.2, 0.25) is 20.1 Å². The van der Waals surface area contributed by atoms with Crippen LogP contribution in [0.15, 0.2) is 224 Å². The van der Waals surface area contributed by atoms with Crippen molar-refractivity contribution >= 4 is 201 Å². The number of carbonyl (C=O) groups excluding carboxylic acids is 5. The molecule has 0 unspecified atom stereocenters. The van der Waals surface area contributed by atoms with Gasteiger partial charge in [0.1, 0.15) is 34.5 Å². The molecule has 8 amide bonds. The molecule has 0 bridgehead atoms. The van der Waals surface area contributed by atoms with E-state index in [1.54, 1.807) is 181 Å². The zero-order chi connectivity index (χ0) is 94.2. The Hall–Kier alpha value is -13.0. The van der Waals surface area contributed by atoms with Crippen LogP contribution in [0.4, 0.5) is 79.7 Å². The number of anilines is 7. The number of nitrogen functional groups attached to an aromatic ring is 2. The van der Waals surface area contributed by atoms with Gasteiger partial charge in [0.15, 0.2) is 15.4 Å². The maximum Gasteiger partial charge on any atom is 0.413 e. The smallest absolute Gasteiger partial charge is 0.413 e. The lowest BCUT2D eigenvalue weighted by molar-refractivity contribution is 0.0624. The Morgan fingerprint density at radius 2 is 0.652 bits per heavy atom. The summed E-state index contributed by atoms with van der Waals surface area (Å²) in [4.78, 5) is 77.4. The zero-order valence-corrected chi connectivity index (χ0v) is 79.1. The molecule has 12 aromatic carbocycles. The van der Waals surface area contributed by atoms with E-state index in [0.29, 0.717) is 197 Å². The summed E-state index contributed by atoms with van der Waals surface area (Å²) in [6.45, 7) is 17.8. The van der Waals surface area contributed by atoms with E-state index >= 15 is 17.6 Å². The van der Waals surface area contributed by atoms with E-state index < -0.39 is 29.2 Å². The van der Waals surface area contributed by atoms with Gasteiger partial charge in [0.25, 0.3) is 0 Å². The average molecular weight is 1930 g/mol. The molecule has 0 aliphatic heterocycles. The molecule has 0 spiro atoms. The Morgan fingerprint density at radius 1 is 0.364 bits per heavy atom.